The Morgan fingerprint density at radius 3 is 2.63 bits per heavy atom. The molecule has 19 heavy (non-hydrogen) atoms. The van der Waals surface area contributed by atoms with E-state index >= 15 is 0 Å². The lowest BCUT2D eigenvalue weighted by molar-refractivity contribution is 0.276. The first-order valence-electron chi connectivity index (χ1n) is 5.58. The molecule has 2 aromatic carbocycles. The predicted octanol–water partition coefficient (Wildman–Crippen LogP) is 3.26. The second kappa shape index (κ2) is 6.02. The molecule has 0 radical (unpaired) electrons. The fraction of sp³-hybridized carbons (Fsp3) is 0.0714. The highest BCUT2D eigenvalue weighted by Crippen LogP contribution is 2.30. The van der Waals surface area contributed by atoms with Gasteiger partial charge in [-0.1, -0.05) is 42.0 Å². The average molecular weight is 294 g/mol. The first-order valence-corrected chi connectivity index (χ1v) is 6.36. The number of aliphatic hydroxyl groups excluding tert-OH is 1. The first-order chi connectivity index (χ1) is 9.11. The molecule has 0 aliphatic heterocycles. The number of halogens is 1. The fourth-order valence-corrected chi connectivity index (χ4v) is 1.97. The summed E-state index contributed by atoms with van der Waals surface area (Å²) in [6, 6.07) is 12.3. The zero-order chi connectivity index (χ0) is 13.8. The Kier molecular flexibility index (Phi) is 4.37. The highest BCUT2D eigenvalue weighted by molar-refractivity contribution is 7.80. The maximum absolute atomic E-state index is 9.27. The molecule has 0 bridgehead atoms. The van der Waals surface area contributed by atoms with Gasteiger partial charge in [0.15, 0.2) is 0 Å². The summed E-state index contributed by atoms with van der Waals surface area (Å²) in [4.78, 5) is 0.207. The van der Waals surface area contributed by atoms with E-state index in [4.69, 9.17) is 34.3 Å². The van der Waals surface area contributed by atoms with Gasteiger partial charge in [0.05, 0.1) is 12.2 Å². The highest BCUT2D eigenvalue weighted by Gasteiger charge is 2.10. The third kappa shape index (κ3) is 3.23. The second-order valence-electron chi connectivity index (χ2n) is 3.87. The molecule has 0 amide bonds. The standard InChI is InChI=1S/C14H12ClNO2S/c15-10-5-6-13(11(7-10)14(16)19)18-12-4-2-1-3-9(12)8-17/h1-7,17H,8H2,(H2,16,19). The number of ether oxygens (including phenoxy) is 1. The fourth-order valence-electron chi connectivity index (χ4n) is 1.64. The highest BCUT2D eigenvalue weighted by atomic mass is 35.5. The first kappa shape index (κ1) is 13.8. The average Bonchev–Trinajstić information content (AvgIpc) is 2.41. The Hall–Kier alpha value is -1.62. The molecule has 0 spiro atoms. The largest absolute Gasteiger partial charge is 0.456 e. The van der Waals surface area contributed by atoms with Crippen molar-refractivity contribution in [3.05, 3.63) is 58.6 Å². The Bertz CT molecular complexity index is 616. The molecule has 0 aliphatic rings. The molecular weight excluding hydrogens is 282 g/mol. The molecule has 0 heterocycles. The van der Waals surface area contributed by atoms with Gasteiger partial charge in [0.2, 0.25) is 0 Å². The Balaban J connectivity index is 2.41. The monoisotopic (exact) mass is 293 g/mol. The molecule has 0 saturated heterocycles. The molecule has 0 saturated carbocycles. The maximum Gasteiger partial charge on any atom is 0.137 e. The number of hydrogen-bond acceptors (Lipinski definition) is 3. The van der Waals surface area contributed by atoms with Crippen molar-refractivity contribution in [3.8, 4) is 11.5 Å². The van der Waals surface area contributed by atoms with Gasteiger partial charge in [-0.15, -0.1) is 0 Å². The van der Waals surface area contributed by atoms with Crippen molar-refractivity contribution in [2.75, 3.05) is 0 Å². The Labute approximate surface area is 121 Å². The van der Waals surface area contributed by atoms with Crippen molar-refractivity contribution >= 4 is 28.8 Å². The molecule has 98 valence electrons. The van der Waals surface area contributed by atoms with Gasteiger partial charge in [0.1, 0.15) is 16.5 Å². The van der Waals surface area contributed by atoms with Crippen molar-refractivity contribution < 1.29 is 9.84 Å². The van der Waals surface area contributed by atoms with Gasteiger partial charge in [-0.2, -0.15) is 0 Å². The summed E-state index contributed by atoms with van der Waals surface area (Å²) in [5.41, 5.74) is 6.90. The van der Waals surface area contributed by atoms with E-state index in [1.807, 2.05) is 12.1 Å². The lowest BCUT2D eigenvalue weighted by Crippen LogP contribution is -2.11. The molecule has 5 heteroatoms. The number of benzene rings is 2. The third-order valence-electron chi connectivity index (χ3n) is 2.57. The van der Waals surface area contributed by atoms with Gasteiger partial charge in [-0.25, -0.2) is 0 Å². The third-order valence-corrected chi connectivity index (χ3v) is 3.02. The number of nitrogens with two attached hydrogens (primary N) is 1. The van der Waals surface area contributed by atoms with E-state index in [9.17, 15) is 5.11 Å². The SMILES string of the molecule is NC(=S)c1cc(Cl)ccc1Oc1ccccc1CO. The van der Waals surface area contributed by atoms with E-state index in [1.54, 1.807) is 30.3 Å². The van der Waals surface area contributed by atoms with Gasteiger partial charge in [0.25, 0.3) is 0 Å². The van der Waals surface area contributed by atoms with Crippen LogP contribution in [-0.4, -0.2) is 10.1 Å². The lowest BCUT2D eigenvalue weighted by atomic mass is 10.2. The molecule has 0 aromatic heterocycles. The van der Waals surface area contributed by atoms with Crippen LogP contribution >= 0.6 is 23.8 Å². The topological polar surface area (TPSA) is 55.5 Å². The molecular formula is C14H12ClNO2S. The van der Waals surface area contributed by atoms with Crippen molar-refractivity contribution in [2.24, 2.45) is 5.73 Å². The van der Waals surface area contributed by atoms with Gasteiger partial charge in [-0.05, 0) is 24.3 Å². The molecule has 0 aliphatic carbocycles. The zero-order valence-corrected chi connectivity index (χ0v) is 11.5. The molecule has 3 nitrogen and oxygen atoms in total. The Morgan fingerprint density at radius 1 is 1.21 bits per heavy atom. The van der Waals surface area contributed by atoms with Crippen LogP contribution in [0.4, 0.5) is 0 Å². The number of thiocarbonyl (C=S) groups is 1. The maximum atomic E-state index is 9.27. The van der Waals surface area contributed by atoms with Crippen molar-refractivity contribution in [3.63, 3.8) is 0 Å². The van der Waals surface area contributed by atoms with Crippen LogP contribution in [0.1, 0.15) is 11.1 Å². The predicted molar refractivity (Wildman–Crippen MR) is 79.8 cm³/mol. The summed E-state index contributed by atoms with van der Waals surface area (Å²) < 4.78 is 5.76. The summed E-state index contributed by atoms with van der Waals surface area (Å²) in [6.07, 6.45) is 0. The van der Waals surface area contributed by atoms with Gasteiger partial charge < -0.3 is 15.6 Å². The van der Waals surface area contributed by atoms with E-state index < -0.39 is 0 Å². The van der Waals surface area contributed by atoms with Crippen LogP contribution in [0.2, 0.25) is 5.02 Å². The van der Waals surface area contributed by atoms with Crippen LogP contribution in [-0.2, 0) is 6.61 Å². The van der Waals surface area contributed by atoms with Gasteiger partial charge in [-0.3, -0.25) is 0 Å². The lowest BCUT2D eigenvalue weighted by Gasteiger charge is -2.13. The summed E-state index contributed by atoms with van der Waals surface area (Å²) in [6.45, 7) is -0.105. The number of rotatable bonds is 4. The van der Waals surface area contributed by atoms with Crippen LogP contribution in [0.5, 0.6) is 11.5 Å². The minimum absolute atomic E-state index is 0.105. The molecule has 2 aromatic rings. The number of hydrogen-bond donors (Lipinski definition) is 2. The van der Waals surface area contributed by atoms with Gasteiger partial charge in [0, 0.05) is 10.6 Å². The molecule has 0 atom stereocenters. The van der Waals surface area contributed by atoms with E-state index in [0.717, 1.165) is 0 Å². The van der Waals surface area contributed by atoms with E-state index in [2.05, 4.69) is 0 Å². The summed E-state index contributed by atoms with van der Waals surface area (Å²) in [7, 11) is 0. The van der Waals surface area contributed by atoms with Crippen molar-refractivity contribution in [1.82, 2.24) is 0 Å². The van der Waals surface area contributed by atoms with Crippen LogP contribution in [0, 0.1) is 0 Å². The number of para-hydroxylation sites is 1. The van der Waals surface area contributed by atoms with E-state index in [-0.39, 0.29) is 11.6 Å². The molecule has 0 fully saturated rings. The van der Waals surface area contributed by atoms with Crippen LogP contribution in [0.25, 0.3) is 0 Å². The van der Waals surface area contributed by atoms with Crippen LogP contribution in [0.3, 0.4) is 0 Å². The van der Waals surface area contributed by atoms with Crippen molar-refractivity contribution in [2.45, 2.75) is 6.61 Å². The minimum Gasteiger partial charge on any atom is -0.456 e. The van der Waals surface area contributed by atoms with Gasteiger partial charge >= 0.3 is 0 Å². The summed E-state index contributed by atoms with van der Waals surface area (Å²) >= 11 is 10.9. The molecule has 3 N–H and O–H groups in total. The van der Waals surface area contributed by atoms with Crippen LogP contribution < -0.4 is 10.5 Å². The molecule has 2 rings (SSSR count). The summed E-state index contributed by atoms with van der Waals surface area (Å²) in [5.74, 6) is 1.07. The van der Waals surface area contributed by atoms with E-state index in [0.29, 0.717) is 27.6 Å². The van der Waals surface area contributed by atoms with E-state index in [1.165, 1.54) is 0 Å². The zero-order valence-electron chi connectivity index (χ0n) is 9.97. The second-order valence-corrected chi connectivity index (χ2v) is 4.75. The Morgan fingerprint density at radius 2 is 1.95 bits per heavy atom. The van der Waals surface area contributed by atoms with Crippen LogP contribution in [0.15, 0.2) is 42.5 Å². The number of aliphatic hydroxyl groups is 1. The normalized spacial score (nSPS) is 10.2. The molecule has 0 unspecified atom stereocenters. The smallest absolute Gasteiger partial charge is 0.137 e. The van der Waals surface area contributed by atoms with Crippen molar-refractivity contribution in [1.29, 1.82) is 0 Å². The quantitative estimate of drug-likeness (QED) is 0.850. The summed E-state index contributed by atoms with van der Waals surface area (Å²) in [5, 5.41) is 9.80. The minimum atomic E-state index is -0.105.